The number of hydrogen-bond donors (Lipinski definition) is 0. The van der Waals surface area contributed by atoms with Gasteiger partial charge in [0.15, 0.2) is 0 Å². The van der Waals surface area contributed by atoms with Gasteiger partial charge in [-0.3, -0.25) is 14.7 Å². The van der Waals surface area contributed by atoms with Crippen molar-refractivity contribution in [1.29, 1.82) is 0 Å². The summed E-state index contributed by atoms with van der Waals surface area (Å²) in [5.41, 5.74) is 2.61. The fourth-order valence-electron chi connectivity index (χ4n) is 3.78. The molecule has 1 amide bonds. The molecule has 0 N–H and O–H groups in total. The molecule has 0 radical (unpaired) electrons. The van der Waals surface area contributed by atoms with Gasteiger partial charge in [0.05, 0.1) is 6.04 Å². The Kier molecular flexibility index (Phi) is 5.44. The smallest absolute Gasteiger partial charge is 0.219 e. The Morgan fingerprint density at radius 2 is 2.22 bits per heavy atom. The Labute approximate surface area is 139 Å². The molecule has 3 heterocycles. The van der Waals surface area contributed by atoms with Crippen LogP contribution in [0, 0.1) is 0 Å². The molecule has 0 bridgehead atoms. The highest BCUT2D eigenvalue weighted by molar-refractivity contribution is 5.74. The fraction of sp³-hybridized carbons (Fsp3) is 0.579. The molecule has 2 aliphatic rings. The van der Waals surface area contributed by atoms with E-state index in [9.17, 15) is 4.79 Å². The zero-order valence-corrected chi connectivity index (χ0v) is 14.1. The Balaban J connectivity index is 1.59. The van der Waals surface area contributed by atoms with Crippen molar-refractivity contribution < 1.29 is 4.79 Å². The molecule has 2 aliphatic heterocycles. The van der Waals surface area contributed by atoms with Crippen molar-refractivity contribution in [2.45, 2.75) is 45.1 Å². The van der Waals surface area contributed by atoms with Gasteiger partial charge in [0.25, 0.3) is 0 Å². The molecule has 0 spiro atoms. The lowest BCUT2D eigenvalue weighted by molar-refractivity contribution is -0.131. The Morgan fingerprint density at radius 3 is 3.00 bits per heavy atom. The first-order valence-corrected chi connectivity index (χ1v) is 8.82. The first kappa shape index (κ1) is 16.2. The van der Waals surface area contributed by atoms with Gasteiger partial charge in [-0.2, -0.15) is 0 Å². The molecular weight excluding hydrogens is 286 g/mol. The maximum Gasteiger partial charge on any atom is 0.219 e. The minimum atomic E-state index is 0.223. The van der Waals surface area contributed by atoms with Crippen LogP contribution in [0.3, 0.4) is 0 Å². The summed E-state index contributed by atoms with van der Waals surface area (Å²) in [5.74, 6) is 0.223. The SMILES string of the molecule is CC(=O)N1CCCC[C@@H]1C1=CCCN(CCc2ccccn2)C1. The van der Waals surface area contributed by atoms with Crippen LogP contribution in [0.2, 0.25) is 0 Å². The van der Waals surface area contributed by atoms with Crippen molar-refractivity contribution in [3.05, 3.63) is 41.7 Å². The monoisotopic (exact) mass is 313 g/mol. The number of piperidine rings is 1. The summed E-state index contributed by atoms with van der Waals surface area (Å²) in [6.07, 6.45) is 9.84. The number of pyridine rings is 1. The lowest BCUT2D eigenvalue weighted by Crippen LogP contribution is -2.47. The first-order valence-electron chi connectivity index (χ1n) is 8.82. The number of amides is 1. The molecule has 1 atom stereocenters. The molecule has 23 heavy (non-hydrogen) atoms. The van der Waals surface area contributed by atoms with Crippen LogP contribution in [0.15, 0.2) is 36.0 Å². The van der Waals surface area contributed by atoms with Crippen molar-refractivity contribution in [2.24, 2.45) is 0 Å². The van der Waals surface area contributed by atoms with E-state index in [1.54, 1.807) is 6.92 Å². The van der Waals surface area contributed by atoms with E-state index in [1.165, 1.54) is 12.0 Å². The molecule has 0 saturated carbocycles. The molecular formula is C19H27N3O. The van der Waals surface area contributed by atoms with Crippen molar-refractivity contribution in [1.82, 2.24) is 14.8 Å². The second-order valence-corrected chi connectivity index (χ2v) is 6.64. The summed E-state index contributed by atoms with van der Waals surface area (Å²) in [6.45, 7) is 5.79. The van der Waals surface area contributed by atoms with Gasteiger partial charge in [-0.1, -0.05) is 12.1 Å². The Hall–Kier alpha value is -1.68. The molecule has 0 aromatic carbocycles. The standard InChI is InChI=1S/C19H27N3O/c1-16(23)22-13-5-3-9-19(22)17-7-6-12-21(15-17)14-10-18-8-2-4-11-20-18/h2,4,7-8,11,19H,3,5-6,9-10,12-15H2,1H3/t19-/m1/s1. The predicted molar refractivity (Wildman–Crippen MR) is 92.1 cm³/mol. The quantitative estimate of drug-likeness (QED) is 0.802. The predicted octanol–water partition coefficient (Wildman–Crippen LogP) is 2.66. The number of nitrogens with zero attached hydrogens (tertiary/aromatic N) is 3. The van der Waals surface area contributed by atoms with Gasteiger partial charge in [0.1, 0.15) is 0 Å². The summed E-state index contributed by atoms with van der Waals surface area (Å²) in [5, 5.41) is 0. The highest BCUT2D eigenvalue weighted by atomic mass is 16.2. The van der Waals surface area contributed by atoms with Gasteiger partial charge >= 0.3 is 0 Å². The molecule has 0 unspecified atom stereocenters. The van der Waals surface area contributed by atoms with Crippen LogP contribution in [0.5, 0.6) is 0 Å². The van der Waals surface area contributed by atoms with E-state index in [0.29, 0.717) is 6.04 Å². The fourth-order valence-corrected chi connectivity index (χ4v) is 3.78. The van der Waals surface area contributed by atoms with Gasteiger partial charge in [-0.05, 0) is 43.4 Å². The largest absolute Gasteiger partial charge is 0.336 e. The van der Waals surface area contributed by atoms with Gasteiger partial charge in [0, 0.05) is 51.4 Å². The van der Waals surface area contributed by atoms with Crippen LogP contribution in [0.25, 0.3) is 0 Å². The number of aromatic nitrogens is 1. The molecule has 4 heteroatoms. The Bertz CT molecular complexity index is 555. The van der Waals surface area contributed by atoms with E-state index in [4.69, 9.17) is 0 Å². The van der Waals surface area contributed by atoms with E-state index in [0.717, 1.165) is 57.6 Å². The second-order valence-electron chi connectivity index (χ2n) is 6.64. The van der Waals surface area contributed by atoms with Crippen LogP contribution in [-0.2, 0) is 11.2 Å². The minimum absolute atomic E-state index is 0.223. The second kappa shape index (κ2) is 7.73. The molecule has 1 saturated heterocycles. The molecule has 1 aromatic heterocycles. The third-order valence-electron chi connectivity index (χ3n) is 5.00. The third kappa shape index (κ3) is 4.20. The first-order chi connectivity index (χ1) is 11.2. The number of carbonyl (C=O) groups excluding carboxylic acids is 1. The summed E-state index contributed by atoms with van der Waals surface area (Å²) in [7, 11) is 0. The highest BCUT2D eigenvalue weighted by Gasteiger charge is 2.29. The molecule has 0 aliphatic carbocycles. The van der Waals surface area contributed by atoms with Crippen LogP contribution < -0.4 is 0 Å². The maximum absolute atomic E-state index is 11.9. The number of hydrogen-bond acceptors (Lipinski definition) is 3. The van der Waals surface area contributed by atoms with E-state index >= 15 is 0 Å². The normalized spacial score (nSPS) is 22.7. The lowest BCUT2D eigenvalue weighted by Gasteiger charge is -2.40. The van der Waals surface area contributed by atoms with Gasteiger partial charge in [-0.25, -0.2) is 0 Å². The van der Waals surface area contributed by atoms with E-state index in [2.05, 4.69) is 33.0 Å². The number of carbonyl (C=O) groups is 1. The average Bonchev–Trinajstić information content (AvgIpc) is 2.61. The van der Waals surface area contributed by atoms with Crippen LogP contribution in [0.4, 0.5) is 0 Å². The summed E-state index contributed by atoms with van der Waals surface area (Å²) in [4.78, 5) is 20.9. The van der Waals surface area contributed by atoms with Crippen LogP contribution >= 0.6 is 0 Å². The summed E-state index contributed by atoms with van der Waals surface area (Å²) in [6, 6.07) is 6.44. The molecule has 1 aromatic rings. The van der Waals surface area contributed by atoms with Crippen molar-refractivity contribution in [3.8, 4) is 0 Å². The summed E-state index contributed by atoms with van der Waals surface area (Å²) >= 11 is 0. The van der Waals surface area contributed by atoms with Crippen molar-refractivity contribution >= 4 is 5.91 Å². The summed E-state index contributed by atoms with van der Waals surface area (Å²) < 4.78 is 0. The molecule has 4 nitrogen and oxygen atoms in total. The molecule has 3 rings (SSSR count). The van der Waals surface area contributed by atoms with E-state index in [-0.39, 0.29) is 5.91 Å². The number of likely N-dealkylation sites (tertiary alicyclic amines) is 1. The van der Waals surface area contributed by atoms with E-state index < -0.39 is 0 Å². The topological polar surface area (TPSA) is 36.4 Å². The van der Waals surface area contributed by atoms with Crippen LogP contribution in [-0.4, -0.2) is 52.9 Å². The van der Waals surface area contributed by atoms with Gasteiger partial charge < -0.3 is 4.90 Å². The van der Waals surface area contributed by atoms with Gasteiger partial charge in [-0.15, -0.1) is 0 Å². The maximum atomic E-state index is 11.9. The lowest BCUT2D eigenvalue weighted by atomic mass is 9.92. The molecule has 124 valence electrons. The minimum Gasteiger partial charge on any atom is -0.336 e. The number of rotatable bonds is 4. The van der Waals surface area contributed by atoms with Gasteiger partial charge in [0.2, 0.25) is 5.91 Å². The Morgan fingerprint density at radius 1 is 1.30 bits per heavy atom. The zero-order valence-electron chi connectivity index (χ0n) is 14.1. The van der Waals surface area contributed by atoms with E-state index in [1.807, 2.05) is 12.3 Å². The zero-order chi connectivity index (χ0) is 16.1. The molecule has 1 fully saturated rings. The van der Waals surface area contributed by atoms with Crippen LogP contribution in [0.1, 0.15) is 38.3 Å². The third-order valence-corrected chi connectivity index (χ3v) is 5.00. The average molecular weight is 313 g/mol. The van der Waals surface area contributed by atoms with Crippen molar-refractivity contribution in [2.75, 3.05) is 26.2 Å². The highest BCUT2D eigenvalue weighted by Crippen LogP contribution is 2.26. The van der Waals surface area contributed by atoms with Crippen molar-refractivity contribution in [3.63, 3.8) is 0 Å².